The van der Waals surface area contributed by atoms with Gasteiger partial charge in [-0.25, -0.2) is 4.39 Å². The van der Waals surface area contributed by atoms with E-state index in [1.54, 1.807) is 0 Å². The van der Waals surface area contributed by atoms with Gasteiger partial charge in [-0.3, -0.25) is 14.9 Å². The highest BCUT2D eigenvalue weighted by Crippen LogP contribution is 2.17. The highest BCUT2D eigenvalue weighted by molar-refractivity contribution is 9.10. The first-order valence-corrected chi connectivity index (χ1v) is 4.57. The van der Waals surface area contributed by atoms with Crippen molar-refractivity contribution in [3.05, 3.63) is 34.1 Å². The summed E-state index contributed by atoms with van der Waals surface area (Å²) in [4.78, 5) is 21.9. The summed E-state index contributed by atoms with van der Waals surface area (Å²) >= 11 is 3.03. The Morgan fingerprint density at radius 2 is 2.07 bits per heavy atom. The molecular weight excluding hydrogens is 253 g/mol. The van der Waals surface area contributed by atoms with Crippen LogP contribution in [0, 0.1) is 5.82 Å². The topological polar surface area (TPSA) is 46.2 Å². The van der Waals surface area contributed by atoms with Crippen LogP contribution < -0.4 is 5.32 Å². The lowest BCUT2D eigenvalue weighted by Gasteiger charge is -2.03. The third kappa shape index (κ3) is 2.63. The van der Waals surface area contributed by atoms with Gasteiger partial charge in [0.15, 0.2) is 0 Å². The Balaban J connectivity index is 2.96. The van der Waals surface area contributed by atoms with Crippen LogP contribution in [-0.4, -0.2) is 11.8 Å². The smallest absolute Gasteiger partial charge is 0.258 e. The molecule has 2 amide bonds. The van der Waals surface area contributed by atoms with Crippen molar-refractivity contribution in [3.8, 4) is 0 Å². The predicted octanol–water partition coefficient (Wildman–Crippen LogP) is 1.86. The van der Waals surface area contributed by atoms with Crippen molar-refractivity contribution in [1.82, 2.24) is 5.32 Å². The van der Waals surface area contributed by atoms with E-state index in [1.165, 1.54) is 13.0 Å². The van der Waals surface area contributed by atoms with Gasteiger partial charge in [-0.15, -0.1) is 0 Å². The van der Waals surface area contributed by atoms with Gasteiger partial charge in [0.2, 0.25) is 5.91 Å². The van der Waals surface area contributed by atoms with E-state index in [1.807, 2.05) is 0 Å². The van der Waals surface area contributed by atoms with Crippen molar-refractivity contribution >= 4 is 27.7 Å². The Kier molecular flexibility index (Phi) is 3.35. The quantitative estimate of drug-likeness (QED) is 0.837. The zero-order valence-corrected chi connectivity index (χ0v) is 8.89. The molecule has 0 spiro atoms. The number of imide groups is 1. The molecule has 5 heteroatoms. The number of benzene rings is 1. The average Bonchev–Trinajstić information content (AvgIpc) is 2.01. The van der Waals surface area contributed by atoms with Crippen LogP contribution in [0.2, 0.25) is 0 Å². The molecule has 0 unspecified atom stereocenters. The first kappa shape index (κ1) is 10.8. The maximum atomic E-state index is 12.6. The van der Waals surface area contributed by atoms with Gasteiger partial charge in [0.05, 0.1) is 5.56 Å². The predicted molar refractivity (Wildman–Crippen MR) is 52.2 cm³/mol. The molecule has 1 aromatic rings. The molecule has 0 aliphatic heterocycles. The maximum Gasteiger partial charge on any atom is 0.258 e. The normalized spacial score (nSPS) is 9.64. The molecule has 0 aromatic heterocycles. The Morgan fingerprint density at radius 3 is 2.57 bits per heavy atom. The number of carbonyl (C=O) groups excluding carboxylic acids is 2. The summed E-state index contributed by atoms with van der Waals surface area (Å²) in [6.45, 7) is 1.23. The Labute approximate surface area is 88.4 Å². The average molecular weight is 260 g/mol. The van der Waals surface area contributed by atoms with Crippen LogP contribution in [0.3, 0.4) is 0 Å². The van der Waals surface area contributed by atoms with E-state index in [4.69, 9.17) is 0 Å². The third-order valence-corrected chi connectivity index (χ3v) is 2.12. The summed E-state index contributed by atoms with van der Waals surface area (Å²) in [5.41, 5.74) is 0.224. The van der Waals surface area contributed by atoms with E-state index in [9.17, 15) is 14.0 Å². The van der Waals surface area contributed by atoms with Gasteiger partial charge in [0, 0.05) is 11.4 Å². The molecule has 0 aliphatic carbocycles. The fraction of sp³-hybridized carbons (Fsp3) is 0.111. The minimum atomic E-state index is -0.552. The maximum absolute atomic E-state index is 12.6. The molecule has 0 bridgehead atoms. The highest BCUT2D eigenvalue weighted by atomic mass is 79.9. The van der Waals surface area contributed by atoms with Gasteiger partial charge in [0.1, 0.15) is 5.82 Å². The zero-order valence-electron chi connectivity index (χ0n) is 7.30. The number of hydrogen-bond acceptors (Lipinski definition) is 2. The summed E-state index contributed by atoms with van der Waals surface area (Å²) in [5, 5.41) is 2.09. The molecule has 14 heavy (non-hydrogen) atoms. The molecule has 1 N–H and O–H groups in total. The molecular formula is C9H7BrFNO2. The number of carbonyl (C=O) groups is 2. The van der Waals surface area contributed by atoms with E-state index >= 15 is 0 Å². The lowest BCUT2D eigenvalue weighted by Crippen LogP contribution is -2.28. The summed E-state index contributed by atoms with van der Waals surface area (Å²) in [5.74, 6) is -1.45. The minimum absolute atomic E-state index is 0.224. The highest BCUT2D eigenvalue weighted by Gasteiger charge is 2.11. The van der Waals surface area contributed by atoms with Crippen LogP contribution in [0.1, 0.15) is 17.3 Å². The molecule has 1 rings (SSSR count). The van der Waals surface area contributed by atoms with E-state index in [-0.39, 0.29) is 5.56 Å². The number of hydrogen-bond donors (Lipinski definition) is 1. The van der Waals surface area contributed by atoms with Gasteiger partial charge in [-0.2, -0.15) is 0 Å². The molecule has 74 valence electrons. The van der Waals surface area contributed by atoms with Gasteiger partial charge in [-0.05, 0) is 34.1 Å². The van der Waals surface area contributed by atoms with Crippen LogP contribution in [-0.2, 0) is 4.79 Å². The largest absolute Gasteiger partial charge is 0.293 e. The van der Waals surface area contributed by atoms with Crippen LogP contribution in [0.25, 0.3) is 0 Å². The number of rotatable bonds is 1. The Morgan fingerprint density at radius 1 is 1.43 bits per heavy atom. The van der Waals surface area contributed by atoms with E-state index in [2.05, 4.69) is 21.2 Å². The monoisotopic (exact) mass is 259 g/mol. The molecule has 0 atom stereocenters. The molecule has 3 nitrogen and oxygen atoms in total. The molecule has 0 aliphatic rings. The fourth-order valence-electron chi connectivity index (χ4n) is 0.901. The number of nitrogens with one attached hydrogen (secondary N) is 1. The summed E-state index contributed by atoms with van der Waals surface area (Å²) in [6, 6.07) is 3.62. The zero-order chi connectivity index (χ0) is 10.7. The molecule has 0 saturated carbocycles. The lowest BCUT2D eigenvalue weighted by atomic mass is 10.2. The van der Waals surface area contributed by atoms with Gasteiger partial charge in [-0.1, -0.05) is 0 Å². The minimum Gasteiger partial charge on any atom is -0.293 e. The van der Waals surface area contributed by atoms with Crippen LogP contribution in [0.15, 0.2) is 22.7 Å². The van der Waals surface area contributed by atoms with E-state index in [0.29, 0.717) is 4.47 Å². The summed E-state index contributed by atoms with van der Waals surface area (Å²) in [7, 11) is 0. The van der Waals surface area contributed by atoms with E-state index in [0.717, 1.165) is 12.1 Å². The molecule has 0 fully saturated rings. The van der Waals surface area contributed by atoms with Crippen molar-refractivity contribution in [2.45, 2.75) is 6.92 Å². The lowest BCUT2D eigenvalue weighted by molar-refractivity contribution is -0.118. The number of amides is 2. The first-order chi connectivity index (χ1) is 6.50. The van der Waals surface area contributed by atoms with Gasteiger partial charge in [0.25, 0.3) is 5.91 Å². The van der Waals surface area contributed by atoms with Crippen LogP contribution in [0.5, 0.6) is 0 Å². The first-order valence-electron chi connectivity index (χ1n) is 3.77. The standard InChI is InChI=1S/C9H7BrFNO2/c1-5(13)12-9(14)7-3-2-6(11)4-8(7)10/h2-4H,1H3,(H,12,13,14). The third-order valence-electron chi connectivity index (χ3n) is 1.47. The number of halogens is 2. The molecule has 0 radical (unpaired) electrons. The summed E-state index contributed by atoms with van der Waals surface area (Å²) < 4.78 is 13.0. The summed E-state index contributed by atoms with van der Waals surface area (Å²) in [6.07, 6.45) is 0. The van der Waals surface area contributed by atoms with Crippen molar-refractivity contribution in [2.75, 3.05) is 0 Å². The second-order valence-electron chi connectivity index (χ2n) is 2.63. The molecule has 1 aromatic carbocycles. The second kappa shape index (κ2) is 4.32. The molecule has 0 saturated heterocycles. The fourth-order valence-corrected chi connectivity index (χ4v) is 1.43. The van der Waals surface area contributed by atoms with E-state index < -0.39 is 17.6 Å². The van der Waals surface area contributed by atoms with Crippen molar-refractivity contribution < 1.29 is 14.0 Å². The second-order valence-corrected chi connectivity index (χ2v) is 3.49. The van der Waals surface area contributed by atoms with Crippen molar-refractivity contribution in [1.29, 1.82) is 0 Å². The molecule has 0 heterocycles. The van der Waals surface area contributed by atoms with Gasteiger partial charge < -0.3 is 0 Å². The van der Waals surface area contributed by atoms with Crippen molar-refractivity contribution in [3.63, 3.8) is 0 Å². The SMILES string of the molecule is CC(=O)NC(=O)c1ccc(F)cc1Br. The van der Waals surface area contributed by atoms with Crippen LogP contribution in [0.4, 0.5) is 4.39 Å². The van der Waals surface area contributed by atoms with Crippen LogP contribution >= 0.6 is 15.9 Å². The Bertz CT molecular complexity index is 392. The van der Waals surface area contributed by atoms with Gasteiger partial charge >= 0.3 is 0 Å². The Hall–Kier alpha value is -1.23. The van der Waals surface area contributed by atoms with Crippen molar-refractivity contribution in [2.24, 2.45) is 0 Å².